The number of halogens is 2. The maximum Gasteiger partial charge on any atom is 0.254 e. The van der Waals surface area contributed by atoms with Crippen molar-refractivity contribution in [3.63, 3.8) is 0 Å². The Balaban J connectivity index is 2.18. The first kappa shape index (κ1) is 11.7. The summed E-state index contributed by atoms with van der Waals surface area (Å²) in [5.41, 5.74) is 0.0681. The molecule has 1 aliphatic rings. The van der Waals surface area contributed by atoms with Crippen LogP contribution >= 0.6 is 0 Å². The van der Waals surface area contributed by atoms with Gasteiger partial charge in [-0.2, -0.15) is 0 Å². The second-order valence-corrected chi connectivity index (χ2v) is 4.00. The van der Waals surface area contributed by atoms with Gasteiger partial charge in [0, 0.05) is 18.5 Å². The summed E-state index contributed by atoms with van der Waals surface area (Å²) < 4.78 is 25.7. The first-order chi connectivity index (χ1) is 8.08. The summed E-state index contributed by atoms with van der Waals surface area (Å²) in [7, 11) is 0. The van der Waals surface area contributed by atoms with E-state index in [4.69, 9.17) is 0 Å². The van der Waals surface area contributed by atoms with Crippen molar-refractivity contribution in [1.29, 1.82) is 0 Å². The van der Waals surface area contributed by atoms with E-state index in [2.05, 4.69) is 0 Å². The number of rotatable bonds is 1. The van der Waals surface area contributed by atoms with Gasteiger partial charge in [0.1, 0.15) is 0 Å². The predicted octanol–water partition coefficient (Wildman–Crippen LogP) is 1.77. The van der Waals surface area contributed by atoms with Crippen LogP contribution in [0.15, 0.2) is 18.2 Å². The van der Waals surface area contributed by atoms with Gasteiger partial charge >= 0.3 is 0 Å². The van der Waals surface area contributed by atoms with Crippen molar-refractivity contribution in [3.8, 4) is 0 Å². The molecular weight excluding hydrogens is 228 g/mol. The lowest BCUT2D eigenvalue weighted by Crippen LogP contribution is -2.40. The lowest BCUT2D eigenvalue weighted by Gasteiger charge is -2.25. The molecule has 1 aliphatic heterocycles. The van der Waals surface area contributed by atoms with Crippen LogP contribution in [0.4, 0.5) is 8.78 Å². The summed E-state index contributed by atoms with van der Waals surface area (Å²) in [4.78, 5) is 24.5. The van der Waals surface area contributed by atoms with E-state index in [9.17, 15) is 18.4 Å². The molecule has 5 heteroatoms. The van der Waals surface area contributed by atoms with Crippen LogP contribution in [0, 0.1) is 11.6 Å². The molecule has 1 fully saturated rings. The zero-order chi connectivity index (χ0) is 12.4. The van der Waals surface area contributed by atoms with Crippen molar-refractivity contribution < 1.29 is 18.4 Å². The van der Waals surface area contributed by atoms with E-state index >= 15 is 0 Å². The first-order valence-corrected chi connectivity index (χ1v) is 5.34. The topological polar surface area (TPSA) is 37.4 Å². The number of nitrogens with zero attached hydrogens (tertiary/aromatic N) is 1. The number of likely N-dealkylation sites (tertiary alicyclic amines) is 1. The number of hydrogen-bond donors (Lipinski definition) is 0. The Kier molecular flexibility index (Phi) is 3.17. The third-order valence-electron chi connectivity index (χ3n) is 2.70. The van der Waals surface area contributed by atoms with Gasteiger partial charge in [0.15, 0.2) is 17.4 Å². The highest BCUT2D eigenvalue weighted by Gasteiger charge is 2.23. The second-order valence-electron chi connectivity index (χ2n) is 4.00. The summed E-state index contributed by atoms with van der Waals surface area (Å²) in [6.45, 7) is 0.529. The van der Waals surface area contributed by atoms with Gasteiger partial charge in [-0.15, -0.1) is 0 Å². The number of hydrogen-bond acceptors (Lipinski definition) is 2. The molecule has 2 rings (SSSR count). The van der Waals surface area contributed by atoms with Crippen LogP contribution in [-0.4, -0.2) is 29.7 Å². The molecule has 0 bridgehead atoms. The summed E-state index contributed by atoms with van der Waals surface area (Å²) in [6, 6.07) is 2.99. The summed E-state index contributed by atoms with van der Waals surface area (Å²) >= 11 is 0. The molecule has 1 saturated heterocycles. The van der Waals surface area contributed by atoms with E-state index in [-0.39, 0.29) is 17.9 Å². The maximum atomic E-state index is 13.0. The fourth-order valence-electron chi connectivity index (χ4n) is 1.82. The average Bonchev–Trinajstić information content (AvgIpc) is 2.32. The highest BCUT2D eigenvalue weighted by atomic mass is 19.2. The highest BCUT2D eigenvalue weighted by molar-refractivity contribution is 5.97. The van der Waals surface area contributed by atoms with Crippen molar-refractivity contribution in [1.82, 2.24) is 4.90 Å². The van der Waals surface area contributed by atoms with E-state index in [0.717, 1.165) is 12.1 Å². The monoisotopic (exact) mass is 239 g/mol. The molecule has 1 amide bonds. The Morgan fingerprint density at radius 1 is 1.24 bits per heavy atom. The first-order valence-electron chi connectivity index (χ1n) is 5.34. The van der Waals surface area contributed by atoms with Crippen LogP contribution in [0.1, 0.15) is 23.2 Å². The molecule has 90 valence electrons. The van der Waals surface area contributed by atoms with Gasteiger partial charge in [0.2, 0.25) is 0 Å². The summed E-state index contributed by atoms with van der Waals surface area (Å²) in [6.07, 6.45) is 1.09. The molecule has 0 aliphatic carbocycles. The van der Waals surface area contributed by atoms with Gasteiger partial charge in [-0.25, -0.2) is 8.78 Å². The molecule has 0 radical (unpaired) electrons. The third-order valence-corrected chi connectivity index (χ3v) is 2.70. The van der Waals surface area contributed by atoms with Crippen LogP contribution in [0.2, 0.25) is 0 Å². The van der Waals surface area contributed by atoms with Crippen LogP contribution in [0.3, 0.4) is 0 Å². The number of piperidine rings is 1. The molecule has 1 aromatic carbocycles. The van der Waals surface area contributed by atoms with E-state index in [0.29, 0.717) is 19.4 Å². The summed E-state index contributed by atoms with van der Waals surface area (Å²) in [5, 5.41) is 0. The van der Waals surface area contributed by atoms with Crippen LogP contribution in [0.5, 0.6) is 0 Å². The van der Waals surface area contributed by atoms with E-state index in [1.165, 1.54) is 11.0 Å². The van der Waals surface area contributed by atoms with E-state index < -0.39 is 17.5 Å². The Bertz CT molecular complexity index is 474. The molecule has 0 saturated carbocycles. The smallest absolute Gasteiger partial charge is 0.254 e. The lowest BCUT2D eigenvalue weighted by molar-refractivity contribution is -0.121. The van der Waals surface area contributed by atoms with E-state index in [1.54, 1.807) is 0 Å². The quantitative estimate of drug-likeness (QED) is 0.749. The van der Waals surface area contributed by atoms with Crippen molar-refractivity contribution >= 4 is 11.7 Å². The van der Waals surface area contributed by atoms with Gasteiger partial charge in [0.05, 0.1) is 6.54 Å². The Labute approximate surface area is 97.0 Å². The Morgan fingerprint density at radius 3 is 2.65 bits per heavy atom. The highest BCUT2D eigenvalue weighted by Crippen LogP contribution is 2.14. The number of amides is 1. The zero-order valence-corrected chi connectivity index (χ0v) is 9.08. The number of ketones is 1. The fraction of sp³-hybridized carbons (Fsp3) is 0.333. The van der Waals surface area contributed by atoms with Gasteiger partial charge < -0.3 is 4.90 Å². The Morgan fingerprint density at radius 2 is 2.00 bits per heavy atom. The molecule has 0 N–H and O–H groups in total. The second kappa shape index (κ2) is 4.61. The predicted molar refractivity (Wildman–Crippen MR) is 56.5 cm³/mol. The van der Waals surface area contributed by atoms with Gasteiger partial charge in [-0.05, 0) is 24.6 Å². The minimum Gasteiger partial charge on any atom is -0.331 e. The van der Waals surface area contributed by atoms with Crippen LogP contribution in [-0.2, 0) is 4.79 Å². The number of Topliss-reactive ketones (excluding diaryl/α,β-unsaturated/α-hetero) is 1. The lowest BCUT2D eigenvalue weighted by atomic mass is 10.1. The van der Waals surface area contributed by atoms with Gasteiger partial charge in [-0.3, -0.25) is 9.59 Å². The minimum atomic E-state index is -1.06. The molecule has 0 aromatic heterocycles. The SMILES string of the molecule is O=C1CCCN(C(=O)c2ccc(F)c(F)c2)C1. The standard InChI is InChI=1S/C12H11F2NO2/c13-10-4-3-8(6-11(10)14)12(17)15-5-1-2-9(16)7-15/h3-4,6H,1-2,5,7H2. The van der Waals surface area contributed by atoms with Crippen molar-refractivity contribution in [3.05, 3.63) is 35.4 Å². The molecular formula is C12H11F2NO2. The zero-order valence-electron chi connectivity index (χ0n) is 9.08. The Hall–Kier alpha value is -1.78. The average molecular weight is 239 g/mol. The molecule has 0 spiro atoms. The number of benzene rings is 1. The molecule has 3 nitrogen and oxygen atoms in total. The molecule has 1 heterocycles. The summed E-state index contributed by atoms with van der Waals surface area (Å²) in [5.74, 6) is -2.49. The van der Waals surface area contributed by atoms with Crippen LogP contribution < -0.4 is 0 Å². The minimum absolute atomic E-state index is 0.00724. The van der Waals surface area contributed by atoms with Crippen molar-refractivity contribution in [2.75, 3.05) is 13.1 Å². The fourth-order valence-corrected chi connectivity index (χ4v) is 1.82. The molecule has 17 heavy (non-hydrogen) atoms. The molecule has 1 aromatic rings. The molecule has 0 atom stereocenters. The van der Waals surface area contributed by atoms with Crippen molar-refractivity contribution in [2.45, 2.75) is 12.8 Å². The van der Waals surface area contributed by atoms with Gasteiger partial charge in [-0.1, -0.05) is 0 Å². The largest absolute Gasteiger partial charge is 0.331 e. The number of carbonyl (C=O) groups excluding carboxylic acids is 2. The maximum absolute atomic E-state index is 13.0. The van der Waals surface area contributed by atoms with E-state index in [1.807, 2.05) is 0 Å². The normalized spacial score (nSPS) is 16.1. The van der Waals surface area contributed by atoms with Gasteiger partial charge in [0.25, 0.3) is 5.91 Å². The van der Waals surface area contributed by atoms with Crippen molar-refractivity contribution in [2.24, 2.45) is 0 Å². The van der Waals surface area contributed by atoms with Crippen LogP contribution in [0.25, 0.3) is 0 Å². The number of carbonyl (C=O) groups is 2. The third kappa shape index (κ3) is 2.49. The molecule has 0 unspecified atom stereocenters.